The first-order chi connectivity index (χ1) is 18.9. The van der Waals surface area contributed by atoms with Crippen LogP contribution in [0.5, 0.6) is 0 Å². The molecule has 2 aliphatic rings. The Morgan fingerprint density at radius 1 is 1.05 bits per heavy atom. The molecule has 0 radical (unpaired) electrons. The van der Waals surface area contributed by atoms with E-state index in [-0.39, 0.29) is 24.1 Å². The lowest BCUT2D eigenvalue weighted by Gasteiger charge is -2.32. The molecule has 1 aromatic heterocycles. The maximum Gasteiger partial charge on any atom is 0.305 e. The fourth-order valence-corrected chi connectivity index (χ4v) is 5.94. The molecular weight excluding hydrogens is 559 g/mol. The molecule has 12 heteroatoms. The summed E-state index contributed by atoms with van der Waals surface area (Å²) in [5, 5.41) is 10.6. The highest BCUT2D eigenvalue weighted by Crippen LogP contribution is 2.37. The second kappa shape index (κ2) is 12.1. The quantitative estimate of drug-likeness (QED) is 0.301. The van der Waals surface area contributed by atoms with Gasteiger partial charge in [-0.1, -0.05) is 53.2 Å². The Kier molecular flexibility index (Phi) is 8.56. The summed E-state index contributed by atoms with van der Waals surface area (Å²) in [5.74, 6) is 0.521. The third kappa shape index (κ3) is 5.99. The molecule has 0 bridgehead atoms. The Labute approximate surface area is 241 Å². The van der Waals surface area contributed by atoms with Crippen molar-refractivity contribution in [2.75, 3.05) is 46.1 Å². The minimum atomic E-state index is -0.517. The summed E-state index contributed by atoms with van der Waals surface area (Å²) in [6.07, 6.45) is 0.500. The predicted molar refractivity (Wildman–Crippen MR) is 152 cm³/mol. The predicted octanol–water partition coefficient (Wildman–Crippen LogP) is 4.29. The standard InChI is InChI=1S/C27H28Cl2N6O3S/c1-33-11-13-34(14-12-33)23(36)16-39-27-32-31-26-21(8-10-24(37)38-2)30-25(18-5-3-4-6-20(18)29)19-15-17(28)7-9-22(19)35(26)27/h3-7,9,15,21H,8,10-14,16H2,1-2H3/t21-/m0/s1. The molecule has 0 spiro atoms. The van der Waals surface area contributed by atoms with Gasteiger partial charge in [0.05, 0.1) is 24.3 Å². The van der Waals surface area contributed by atoms with Crippen LogP contribution in [0.2, 0.25) is 10.0 Å². The molecule has 39 heavy (non-hydrogen) atoms. The molecule has 1 saturated heterocycles. The van der Waals surface area contributed by atoms with Gasteiger partial charge in [-0.15, -0.1) is 10.2 Å². The van der Waals surface area contributed by atoms with Crippen LogP contribution < -0.4 is 0 Å². The number of hydrogen-bond donors (Lipinski definition) is 0. The molecule has 5 rings (SSSR count). The van der Waals surface area contributed by atoms with Crippen molar-refractivity contribution < 1.29 is 14.3 Å². The topological polar surface area (TPSA) is 92.9 Å². The van der Waals surface area contributed by atoms with Gasteiger partial charge in [-0.2, -0.15) is 0 Å². The third-order valence-electron chi connectivity index (χ3n) is 6.86. The van der Waals surface area contributed by atoms with E-state index in [9.17, 15) is 9.59 Å². The number of halogens is 2. The van der Waals surface area contributed by atoms with Crippen LogP contribution in [0, 0.1) is 0 Å². The number of esters is 1. The van der Waals surface area contributed by atoms with Crippen LogP contribution in [-0.2, 0) is 14.3 Å². The first kappa shape index (κ1) is 27.6. The number of aliphatic imine (C=N–C) groups is 1. The number of thioether (sulfide) groups is 1. The van der Waals surface area contributed by atoms with Crippen molar-refractivity contribution in [2.24, 2.45) is 4.99 Å². The molecule has 204 valence electrons. The van der Waals surface area contributed by atoms with Crippen LogP contribution in [0.25, 0.3) is 5.69 Å². The molecule has 0 N–H and O–H groups in total. The Morgan fingerprint density at radius 2 is 1.82 bits per heavy atom. The number of rotatable bonds is 7. The zero-order valence-electron chi connectivity index (χ0n) is 21.6. The van der Waals surface area contributed by atoms with Gasteiger partial charge in [-0.05, 0) is 37.7 Å². The lowest BCUT2D eigenvalue weighted by molar-refractivity contribution is -0.140. The van der Waals surface area contributed by atoms with E-state index >= 15 is 0 Å². The fraction of sp³-hybridized carbons (Fsp3) is 0.370. The summed E-state index contributed by atoms with van der Waals surface area (Å²) < 4.78 is 6.80. The Balaban J connectivity index is 1.55. The van der Waals surface area contributed by atoms with Gasteiger partial charge in [-0.25, -0.2) is 0 Å². The van der Waals surface area contributed by atoms with Crippen molar-refractivity contribution in [3.8, 4) is 5.69 Å². The summed E-state index contributed by atoms with van der Waals surface area (Å²) >= 11 is 14.4. The van der Waals surface area contributed by atoms with Gasteiger partial charge in [0.25, 0.3) is 0 Å². The highest BCUT2D eigenvalue weighted by atomic mass is 35.5. The van der Waals surface area contributed by atoms with Crippen molar-refractivity contribution in [2.45, 2.75) is 24.0 Å². The van der Waals surface area contributed by atoms with Gasteiger partial charge >= 0.3 is 5.97 Å². The number of aromatic nitrogens is 3. The van der Waals surface area contributed by atoms with Crippen molar-refractivity contribution in [3.05, 3.63) is 69.5 Å². The minimum Gasteiger partial charge on any atom is -0.469 e. The van der Waals surface area contributed by atoms with Crippen LogP contribution in [0.3, 0.4) is 0 Å². The molecule has 2 aromatic carbocycles. The molecule has 1 fully saturated rings. The molecule has 0 aliphatic carbocycles. The molecule has 1 atom stereocenters. The number of carbonyl (C=O) groups excluding carboxylic acids is 2. The Hall–Kier alpha value is -2.92. The first-order valence-electron chi connectivity index (χ1n) is 12.6. The number of fused-ring (bicyclic) bond motifs is 3. The monoisotopic (exact) mass is 586 g/mol. The van der Waals surface area contributed by atoms with E-state index in [0.29, 0.717) is 46.2 Å². The van der Waals surface area contributed by atoms with E-state index in [0.717, 1.165) is 29.9 Å². The third-order valence-corrected chi connectivity index (χ3v) is 8.33. The zero-order valence-corrected chi connectivity index (χ0v) is 24.0. The largest absolute Gasteiger partial charge is 0.469 e. The molecule has 9 nitrogen and oxygen atoms in total. The van der Waals surface area contributed by atoms with Crippen LogP contribution in [0.4, 0.5) is 0 Å². The molecule has 0 unspecified atom stereocenters. The van der Waals surface area contributed by atoms with E-state index in [1.165, 1.54) is 18.9 Å². The number of likely N-dealkylation sites (N-methyl/N-ethyl adjacent to an activating group) is 1. The van der Waals surface area contributed by atoms with Gasteiger partial charge in [0, 0.05) is 53.8 Å². The van der Waals surface area contributed by atoms with E-state index in [1.807, 2.05) is 45.9 Å². The van der Waals surface area contributed by atoms with Crippen molar-refractivity contribution in [1.82, 2.24) is 24.6 Å². The highest BCUT2D eigenvalue weighted by molar-refractivity contribution is 7.99. The summed E-state index contributed by atoms with van der Waals surface area (Å²) in [7, 11) is 3.42. The van der Waals surface area contributed by atoms with Crippen LogP contribution in [0.1, 0.15) is 35.8 Å². The normalized spacial score (nSPS) is 17.2. The maximum atomic E-state index is 13.0. The fourth-order valence-electron chi connectivity index (χ4n) is 4.68. The number of piperazine rings is 1. The van der Waals surface area contributed by atoms with Crippen LogP contribution >= 0.6 is 35.0 Å². The smallest absolute Gasteiger partial charge is 0.305 e. The summed E-state index contributed by atoms with van der Waals surface area (Å²) in [5.41, 5.74) is 2.91. The maximum absolute atomic E-state index is 13.0. The number of methoxy groups -OCH3 is 1. The molecule has 0 saturated carbocycles. The number of ether oxygens (including phenoxy) is 1. The first-order valence-corrected chi connectivity index (χ1v) is 14.3. The van der Waals surface area contributed by atoms with Crippen molar-refractivity contribution in [1.29, 1.82) is 0 Å². The van der Waals surface area contributed by atoms with E-state index in [4.69, 9.17) is 32.9 Å². The molecule has 3 aromatic rings. The van der Waals surface area contributed by atoms with Gasteiger partial charge in [-0.3, -0.25) is 19.1 Å². The average molecular weight is 588 g/mol. The summed E-state index contributed by atoms with van der Waals surface area (Å²) in [4.78, 5) is 34.2. The van der Waals surface area contributed by atoms with Gasteiger partial charge < -0.3 is 14.5 Å². The molecule has 2 aliphatic heterocycles. The van der Waals surface area contributed by atoms with Crippen molar-refractivity contribution in [3.63, 3.8) is 0 Å². The van der Waals surface area contributed by atoms with Crippen LogP contribution in [0.15, 0.2) is 52.6 Å². The SMILES string of the molecule is COC(=O)CC[C@@H]1N=C(c2ccccc2Cl)c2cc(Cl)ccc2-n2c(SCC(=O)N3CCN(C)CC3)nnc21. The number of nitrogens with zero attached hydrogens (tertiary/aromatic N) is 6. The average Bonchev–Trinajstić information content (AvgIpc) is 3.30. The van der Waals surface area contributed by atoms with Crippen LogP contribution in [-0.4, -0.2) is 88.2 Å². The van der Waals surface area contributed by atoms with E-state index < -0.39 is 6.04 Å². The van der Waals surface area contributed by atoms with Gasteiger partial charge in [0.2, 0.25) is 5.91 Å². The Morgan fingerprint density at radius 3 is 2.56 bits per heavy atom. The second-order valence-electron chi connectivity index (χ2n) is 9.40. The van der Waals surface area contributed by atoms with E-state index in [2.05, 4.69) is 22.1 Å². The van der Waals surface area contributed by atoms with Gasteiger partial charge in [0.15, 0.2) is 11.0 Å². The van der Waals surface area contributed by atoms with Gasteiger partial charge in [0.1, 0.15) is 6.04 Å². The van der Waals surface area contributed by atoms with E-state index in [1.54, 1.807) is 6.07 Å². The summed E-state index contributed by atoms with van der Waals surface area (Å²) in [6, 6.07) is 12.5. The number of carbonyl (C=O) groups is 2. The Bertz CT molecular complexity index is 1420. The highest BCUT2D eigenvalue weighted by Gasteiger charge is 2.31. The number of amides is 1. The lowest BCUT2D eigenvalue weighted by atomic mass is 10.00. The molecule has 1 amide bonds. The zero-order chi connectivity index (χ0) is 27.5. The second-order valence-corrected chi connectivity index (χ2v) is 11.2. The molecular formula is C27H28Cl2N6O3S. The minimum absolute atomic E-state index is 0.0608. The summed E-state index contributed by atoms with van der Waals surface area (Å²) in [6.45, 7) is 3.13. The molecule has 3 heterocycles. The lowest BCUT2D eigenvalue weighted by Crippen LogP contribution is -2.47. The number of benzene rings is 2. The number of hydrogen-bond acceptors (Lipinski definition) is 8. The van der Waals surface area contributed by atoms with Crippen molar-refractivity contribution >= 4 is 52.6 Å².